The lowest BCUT2D eigenvalue weighted by atomic mass is 10.3. The molecule has 0 saturated carbocycles. The standard InChI is InChI=1S/C10H14N4O2S/c1-5(15)4-11-9(16)8-6(2)14-7(3)12-13-10(14)17-8/h5,15H,4H2,1-3H3,(H,11,16). The molecule has 0 aliphatic heterocycles. The molecule has 6 nitrogen and oxygen atoms in total. The number of aromatic nitrogens is 3. The van der Waals surface area contributed by atoms with Gasteiger partial charge in [0, 0.05) is 12.2 Å². The first-order valence-electron chi connectivity index (χ1n) is 5.28. The van der Waals surface area contributed by atoms with Crippen molar-refractivity contribution in [2.45, 2.75) is 26.9 Å². The van der Waals surface area contributed by atoms with Crippen LogP contribution in [0, 0.1) is 13.8 Å². The van der Waals surface area contributed by atoms with Crippen molar-refractivity contribution >= 4 is 22.2 Å². The van der Waals surface area contributed by atoms with E-state index in [9.17, 15) is 4.79 Å². The van der Waals surface area contributed by atoms with E-state index in [1.165, 1.54) is 11.3 Å². The fraction of sp³-hybridized carbons (Fsp3) is 0.500. The molecule has 1 atom stereocenters. The van der Waals surface area contributed by atoms with Crippen LogP contribution in [-0.4, -0.2) is 38.3 Å². The molecule has 2 heterocycles. The van der Waals surface area contributed by atoms with E-state index in [0.717, 1.165) is 11.5 Å². The molecule has 0 bridgehead atoms. The zero-order valence-electron chi connectivity index (χ0n) is 9.89. The van der Waals surface area contributed by atoms with Gasteiger partial charge < -0.3 is 10.4 Å². The quantitative estimate of drug-likeness (QED) is 0.837. The van der Waals surface area contributed by atoms with E-state index in [1.807, 2.05) is 18.2 Å². The largest absolute Gasteiger partial charge is 0.392 e. The highest BCUT2D eigenvalue weighted by Crippen LogP contribution is 2.22. The first kappa shape index (κ1) is 12.0. The van der Waals surface area contributed by atoms with Gasteiger partial charge in [0.1, 0.15) is 10.7 Å². The summed E-state index contributed by atoms with van der Waals surface area (Å²) in [6, 6.07) is 0. The lowest BCUT2D eigenvalue weighted by molar-refractivity contribution is 0.0927. The molecule has 2 N–H and O–H groups in total. The molecular weight excluding hydrogens is 240 g/mol. The van der Waals surface area contributed by atoms with Crippen molar-refractivity contribution in [3.05, 3.63) is 16.4 Å². The molecule has 17 heavy (non-hydrogen) atoms. The van der Waals surface area contributed by atoms with Crippen LogP contribution < -0.4 is 5.32 Å². The number of aryl methyl sites for hydroxylation is 2. The number of fused-ring (bicyclic) bond motifs is 1. The lowest BCUT2D eigenvalue weighted by Crippen LogP contribution is -2.30. The number of nitrogens with zero attached hydrogens (tertiary/aromatic N) is 3. The van der Waals surface area contributed by atoms with Gasteiger partial charge in [0.15, 0.2) is 0 Å². The highest BCUT2D eigenvalue weighted by atomic mass is 32.1. The first-order valence-corrected chi connectivity index (χ1v) is 6.09. The summed E-state index contributed by atoms with van der Waals surface area (Å²) in [5, 5.41) is 19.7. The van der Waals surface area contributed by atoms with E-state index < -0.39 is 6.10 Å². The molecule has 0 aliphatic carbocycles. The molecule has 2 rings (SSSR count). The highest BCUT2D eigenvalue weighted by Gasteiger charge is 2.18. The van der Waals surface area contributed by atoms with Crippen molar-refractivity contribution in [1.82, 2.24) is 19.9 Å². The number of nitrogens with one attached hydrogen (secondary N) is 1. The minimum absolute atomic E-state index is 0.182. The summed E-state index contributed by atoms with van der Waals surface area (Å²) in [7, 11) is 0. The van der Waals surface area contributed by atoms with E-state index in [2.05, 4.69) is 15.5 Å². The second-order valence-electron chi connectivity index (χ2n) is 3.94. The SMILES string of the molecule is Cc1nnc2sc(C(=O)NCC(C)O)c(C)n12. The molecule has 92 valence electrons. The number of carbonyl (C=O) groups excluding carboxylic acids is 1. The van der Waals surface area contributed by atoms with Crippen molar-refractivity contribution in [1.29, 1.82) is 0 Å². The number of aliphatic hydroxyl groups is 1. The summed E-state index contributed by atoms with van der Waals surface area (Å²) < 4.78 is 1.85. The minimum Gasteiger partial charge on any atom is -0.392 e. The number of aliphatic hydroxyl groups excluding tert-OH is 1. The van der Waals surface area contributed by atoms with Crippen LogP contribution in [0.2, 0.25) is 0 Å². The van der Waals surface area contributed by atoms with Crippen LogP contribution in [0.25, 0.3) is 4.96 Å². The molecule has 1 unspecified atom stereocenters. The molecule has 2 aromatic heterocycles. The fourth-order valence-electron chi connectivity index (χ4n) is 1.59. The van der Waals surface area contributed by atoms with Crippen LogP contribution in [-0.2, 0) is 0 Å². The minimum atomic E-state index is -0.549. The predicted octanol–water partition coefficient (Wildman–Crippen LogP) is 0.518. The van der Waals surface area contributed by atoms with Crippen LogP contribution >= 0.6 is 11.3 Å². The first-order chi connectivity index (χ1) is 8.00. The second kappa shape index (κ2) is 4.42. The Balaban J connectivity index is 2.29. The van der Waals surface area contributed by atoms with Gasteiger partial charge in [0.2, 0.25) is 4.96 Å². The van der Waals surface area contributed by atoms with E-state index in [-0.39, 0.29) is 12.5 Å². The Labute approximate surface area is 102 Å². The van der Waals surface area contributed by atoms with Crippen molar-refractivity contribution in [2.75, 3.05) is 6.54 Å². The highest BCUT2D eigenvalue weighted by molar-refractivity contribution is 7.19. The van der Waals surface area contributed by atoms with E-state index in [1.54, 1.807) is 6.92 Å². The van der Waals surface area contributed by atoms with Gasteiger partial charge in [-0.2, -0.15) is 0 Å². The summed E-state index contributed by atoms with van der Waals surface area (Å²) in [6.45, 7) is 5.58. The molecule has 0 radical (unpaired) electrons. The Kier molecular flexibility index (Phi) is 3.12. The van der Waals surface area contributed by atoms with Gasteiger partial charge in [0.25, 0.3) is 5.91 Å². The van der Waals surface area contributed by atoms with Crippen LogP contribution in [0.4, 0.5) is 0 Å². The summed E-state index contributed by atoms with van der Waals surface area (Å²) in [4.78, 5) is 13.2. The molecular formula is C10H14N4O2S. The van der Waals surface area contributed by atoms with Gasteiger partial charge >= 0.3 is 0 Å². The number of amides is 1. The van der Waals surface area contributed by atoms with Crippen molar-refractivity contribution in [2.24, 2.45) is 0 Å². The van der Waals surface area contributed by atoms with Crippen LogP contribution in [0.5, 0.6) is 0 Å². The third kappa shape index (κ3) is 2.16. The Morgan fingerprint density at radius 1 is 1.53 bits per heavy atom. The maximum Gasteiger partial charge on any atom is 0.263 e. The topological polar surface area (TPSA) is 79.5 Å². The number of hydrogen-bond acceptors (Lipinski definition) is 5. The summed E-state index contributed by atoms with van der Waals surface area (Å²) in [6.07, 6.45) is -0.549. The van der Waals surface area contributed by atoms with Crippen LogP contribution in [0.1, 0.15) is 28.1 Å². The Morgan fingerprint density at radius 3 is 2.82 bits per heavy atom. The lowest BCUT2D eigenvalue weighted by Gasteiger charge is -2.06. The monoisotopic (exact) mass is 254 g/mol. The van der Waals surface area contributed by atoms with Crippen molar-refractivity contribution < 1.29 is 9.90 Å². The van der Waals surface area contributed by atoms with Gasteiger partial charge in [-0.15, -0.1) is 10.2 Å². The second-order valence-corrected chi connectivity index (χ2v) is 4.92. The maximum atomic E-state index is 11.9. The number of thiazole rings is 1. The Bertz CT molecular complexity index is 558. The average Bonchev–Trinajstić information content (AvgIpc) is 2.78. The zero-order valence-corrected chi connectivity index (χ0v) is 10.7. The normalized spacial score (nSPS) is 12.9. The summed E-state index contributed by atoms with van der Waals surface area (Å²) in [5.41, 5.74) is 0.829. The van der Waals surface area contributed by atoms with Crippen molar-refractivity contribution in [3.8, 4) is 0 Å². The van der Waals surface area contributed by atoms with Crippen LogP contribution in [0.15, 0.2) is 0 Å². The molecule has 0 saturated heterocycles. The Morgan fingerprint density at radius 2 is 2.24 bits per heavy atom. The number of hydrogen-bond donors (Lipinski definition) is 2. The molecule has 2 aromatic rings. The van der Waals surface area contributed by atoms with Gasteiger partial charge in [0.05, 0.1) is 6.10 Å². The summed E-state index contributed by atoms with van der Waals surface area (Å²) >= 11 is 1.30. The molecule has 0 aromatic carbocycles. The van der Waals surface area contributed by atoms with Gasteiger partial charge in [-0.25, -0.2) is 0 Å². The number of carbonyl (C=O) groups is 1. The molecule has 0 aliphatic rings. The predicted molar refractivity (Wildman–Crippen MR) is 64.4 cm³/mol. The van der Waals surface area contributed by atoms with E-state index in [0.29, 0.717) is 9.84 Å². The molecule has 0 spiro atoms. The van der Waals surface area contributed by atoms with Crippen molar-refractivity contribution in [3.63, 3.8) is 0 Å². The summed E-state index contributed by atoms with van der Waals surface area (Å²) in [5.74, 6) is 0.585. The van der Waals surface area contributed by atoms with Gasteiger partial charge in [-0.05, 0) is 20.8 Å². The van der Waals surface area contributed by atoms with Gasteiger partial charge in [-0.1, -0.05) is 11.3 Å². The Hall–Kier alpha value is -1.47. The smallest absolute Gasteiger partial charge is 0.263 e. The van der Waals surface area contributed by atoms with Crippen LogP contribution in [0.3, 0.4) is 0 Å². The average molecular weight is 254 g/mol. The zero-order chi connectivity index (χ0) is 12.6. The molecule has 7 heteroatoms. The van der Waals surface area contributed by atoms with Gasteiger partial charge in [-0.3, -0.25) is 9.20 Å². The maximum absolute atomic E-state index is 11.9. The molecule has 0 fully saturated rings. The fourth-order valence-corrected chi connectivity index (χ4v) is 2.62. The number of rotatable bonds is 3. The third-order valence-electron chi connectivity index (χ3n) is 2.42. The third-order valence-corrected chi connectivity index (χ3v) is 3.55. The molecule has 1 amide bonds. The van der Waals surface area contributed by atoms with E-state index in [4.69, 9.17) is 5.11 Å². The van der Waals surface area contributed by atoms with E-state index >= 15 is 0 Å².